The normalized spacial score (nSPS) is 23.5. The second-order valence-corrected chi connectivity index (χ2v) is 8.88. The Morgan fingerprint density at radius 3 is 2.53 bits per heavy atom. The van der Waals surface area contributed by atoms with Crippen molar-refractivity contribution >= 4 is 5.91 Å². The molecule has 1 amide bonds. The number of aromatic nitrogens is 3. The van der Waals surface area contributed by atoms with E-state index in [2.05, 4.69) is 15.0 Å². The van der Waals surface area contributed by atoms with Crippen LogP contribution in [0.25, 0.3) is 11.4 Å². The lowest BCUT2D eigenvalue weighted by atomic mass is 9.72. The Morgan fingerprint density at radius 2 is 1.86 bits per heavy atom. The summed E-state index contributed by atoms with van der Waals surface area (Å²) in [6.45, 7) is -0.787. The maximum Gasteiger partial charge on any atom is 0.417 e. The number of benzene rings is 1. The molecule has 11 heteroatoms. The highest BCUT2D eigenvalue weighted by molar-refractivity contribution is 6.00. The second kappa shape index (κ2) is 9.44. The Labute approximate surface area is 203 Å². The van der Waals surface area contributed by atoms with Crippen molar-refractivity contribution in [3.05, 3.63) is 71.9 Å². The zero-order chi connectivity index (χ0) is 25.4. The third-order valence-electron chi connectivity index (χ3n) is 6.80. The molecule has 3 fully saturated rings. The van der Waals surface area contributed by atoms with E-state index in [4.69, 9.17) is 4.74 Å². The Balaban J connectivity index is 1.46. The first-order valence-electron chi connectivity index (χ1n) is 11.4. The molecule has 36 heavy (non-hydrogen) atoms. The average Bonchev–Trinajstić information content (AvgIpc) is 2.88. The monoisotopic (exact) mass is 504 g/mol. The number of rotatable bonds is 5. The fraction of sp³-hybridized carbons (Fsp3) is 0.360. The van der Waals surface area contributed by atoms with Gasteiger partial charge in [-0.15, -0.1) is 0 Å². The van der Waals surface area contributed by atoms with Crippen molar-refractivity contribution in [1.29, 1.82) is 0 Å². The van der Waals surface area contributed by atoms with Crippen LogP contribution in [0.2, 0.25) is 0 Å². The smallest absolute Gasteiger partial charge is 0.417 e. The average molecular weight is 504 g/mol. The van der Waals surface area contributed by atoms with Gasteiger partial charge in [0.2, 0.25) is 5.88 Å². The van der Waals surface area contributed by atoms with Gasteiger partial charge in [-0.05, 0) is 55.5 Å². The van der Waals surface area contributed by atoms with Crippen LogP contribution in [0.1, 0.15) is 35.2 Å². The van der Waals surface area contributed by atoms with Crippen molar-refractivity contribution in [1.82, 2.24) is 19.9 Å². The molecule has 4 heterocycles. The Bertz CT molecular complexity index is 1240. The molecule has 2 saturated heterocycles. The quantitative estimate of drug-likeness (QED) is 0.452. The van der Waals surface area contributed by atoms with E-state index in [9.17, 15) is 26.7 Å². The van der Waals surface area contributed by atoms with Gasteiger partial charge in [0, 0.05) is 30.2 Å². The molecular weight excluding hydrogens is 483 g/mol. The number of hydrogen-bond donors (Lipinski definition) is 0. The predicted octanol–water partition coefficient (Wildman–Crippen LogP) is 5.11. The highest BCUT2D eigenvalue weighted by atomic mass is 19.4. The summed E-state index contributed by atoms with van der Waals surface area (Å²) < 4.78 is 73.0. The van der Waals surface area contributed by atoms with Gasteiger partial charge < -0.3 is 9.64 Å². The summed E-state index contributed by atoms with van der Waals surface area (Å²) in [5, 5.41) is 0. The first-order chi connectivity index (χ1) is 17.3. The number of alkyl halides is 4. The van der Waals surface area contributed by atoms with Crippen LogP contribution in [0.4, 0.5) is 22.0 Å². The van der Waals surface area contributed by atoms with Crippen LogP contribution in [0.5, 0.6) is 5.88 Å². The molecule has 1 aromatic carbocycles. The van der Waals surface area contributed by atoms with Crippen molar-refractivity contribution in [2.75, 3.05) is 6.67 Å². The number of carbonyl (C=O) groups excluding carboxylic acids is 1. The predicted molar refractivity (Wildman–Crippen MR) is 118 cm³/mol. The standard InChI is InChI=1S/C25H21F5N4O2/c26-12-20-14-2-6-19(21(10-14)36-22-7-3-15(13-33-22)25(28,29)30)34(20)24(35)18-11-16(27)4-5-17(18)23-31-8-1-9-32-23/h1,3-5,7-9,11,13-14,19-21H,2,6,10,12H2. The minimum atomic E-state index is -4.53. The summed E-state index contributed by atoms with van der Waals surface area (Å²) in [5.41, 5.74) is -0.599. The fourth-order valence-electron chi connectivity index (χ4n) is 5.15. The van der Waals surface area contributed by atoms with Gasteiger partial charge in [-0.3, -0.25) is 4.79 Å². The number of piperidine rings is 2. The third kappa shape index (κ3) is 4.49. The van der Waals surface area contributed by atoms with Gasteiger partial charge in [0.15, 0.2) is 5.82 Å². The molecule has 2 bridgehead atoms. The highest BCUT2D eigenvalue weighted by Gasteiger charge is 2.50. The third-order valence-corrected chi connectivity index (χ3v) is 6.80. The zero-order valence-corrected chi connectivity index (χ0v) is 18.8. The van der Waals surface area contributed by atoms with E-state index in [1.807, 2.05) is 0 Å². The molecule has 1 aliphatic carbocycles. The number of fused-ring (bicyclic) bond motifs is 3. The van der Waals surface area contributed by atoms with Crippen LogP contribution in [-0.4, -0.2) is 50.6 Å². The van der Waals surface area contributed by atoms with Crippen molar-refractivity contribution in [3.8, 4) is 17.3 Å². The lowest BCUT2D eigenvalue weighted by Crippen LogP contribution is -2.65. The number of ether oxygens (including phenoxy) is 1. The SMILES string of the molecule is O=C(c1cc(F)ccc1-c1ncccn1)N1C(CF)C2CCC1C(Oc1ccc(C(F)(F)F)cn1)C2. The molecule has 1 saturated carbocycles. The Kier molecular flexibility index (Phi) is 6.31. The lowest BCUT2D eigenvalue weighted by molar-refractivity contribution is -0.137. The van der Waals surface area contributed by atoms with Crippen LogP contribution in [0.3, 0.4) is 0 Å². The molecule has 6 rings (SSSR count). The first kappa shape index (κ1) is 24.1. The van der Waals surface area contributed by atoms with Gasteiger partial charge >= 0.3 is 6.18 Å². The first-order valence-corrected chi connectivity index (χ1v) is 11.4. The topological polar surface area (TPSA) is 68.2 Å². The summed E-state index contributed by atoms with van der Waals surface area (Å²) in [5.74, 6) is -1.24. The number of nitrogens with zero attached hydrogens (tertiary/aromatic N) is 4. The molecule has 0 radical (unpaired) electrons. The molecule has 3 aromatic rings. The number of pyridine rings is 1. The fourth-order valence-corrected chi connectivity index (χ4v) is 5.15. The largest absolute Gasteiger partial charge is 0.472 e. The van der Waals surface area contributed by atoms with Crippen molar-refractivity contribution in [3.63, 3.8) is 0 Å². The number of amides is 1. The van der Waals surface area contributed by atoms with Gasteiger partial charge in [-0.1, -0.05) is 0 Å². The van der Waals surface area contributed by atoms with E-state index in [1.165, 1.54) is 29.4 Å². The summed E-state index contributed by atoms with van der Waals surface area (Å²) in [6, 6.07) is 5.99. The van der Waals surface area contributed by atoms with Gasteiger partial charge in [0.25, 0.3) is 5.91 Å². The van der Waals surface area contributed by atoms with Crippen molar-refractivity contribution in [2.24, 2.45) is 5.92 Å². The zero-order valence-electron chi connectivity index (χ0n) is 18.8. The van der Waals surface area contributed by atoms with Crippen molar-refractivity contribution in [2.45, 2.75) is 43.6 Å². The lowest BCUT2D eigenvalue weighted by Gasteiger charge is -2.53. The maximum absolute atomic E-state index is 14.2. The molecule has 3 aliphatic rings. The molecule has 0 spiro atoms. The van der Waals surface area contributed by atoms with E-state index in [0.29, 0.717) is 31.0 Å². The summed E-state index contributed by atoms with van der Waals surface area (Å²) in [4.78, 5) is 27.3. The molecule has 6 nitrogen and oxygen atoms in total. The van der Waals surface area contributed by atoms with Gasteiger partial charge in [0.1, 0.15) is 18.6 Å². The summed E-state index contributed by atoms with van der Waals surface area (Å²) in [6.07, 6.45) is 0.128. The highest BCUT2D eigenvalue weighted by Crippen LogP contribution is 2.43. The van der Waals surface area contributed by atoms with Crippen LogP contribution in [-0.2, 0) is 6.18 Å². The van der Waals surface area contributed by atoms with Gasteiger partial charge in [0.05, 0.1) is 23.2 Å². The maximum atomic E-state index is 14.2. The minimum Gasteiger partial charge on any atom is -0.472 e. The molecule has 4 unspecified atom stereocenters. The molecule has 2 aliphatic heterocycles. The Hall–Kier alpha value is -3.63. The second-order valence-electron chi connectivity index (χ2n) is 8.88. The Morgan fingerprint density at radius 1 is 1.08 bits per heavy atom. The number of hydrogen-bond acceptors (Lipinski definition) is 5. The molecule has 188 valence electrons. The summed E-state index contributed by atoms with van der Waals surface area (Å²) >= 11 is 0. The number of halogens is 5. The van der Waals surface area contributed by atoms with Crippen LogP contribution < -0.4 is 4.74 Å². The molecule has 2 aromatic heterocycles. The molecule has 0 N–H and O–H groups in total. The van der Waals surface area contributed by atoms with Crippen LogP contribution in [0, 0.1) is 11.7 Å². The number of carbonyl (C=O) groups is 1. The summed E-state index contributed by atoms with van der Waals surface area (Å²) in [7, 11) is 0. The van der Waals surface area contributed by atoms with E-state index < -0.39 is 48.3 Å². The van der Waals surface area contributed by atoms with Crippen molar-refractivity contribution < 1.29 is 31.5 Å². The molecule has 4 atom stereocenters. The van der Waals surface area contributed by atoms with Crippen LogP contribution in [0.15, 0.2) is 55.0 Å². The van der Waals surface area contributed by atoms with E-state index in [1.54, 1.807) is 6.07 Å². The minimum absolute atomic E-state index is 0.00129. The molecular formula is C25H21F5N4O2. The van der Waals surface area contributed by atoms with E-state index in [0.717, 1.165) is 18.2 Å². The van der Waals surface area contributed by atoms with E-state index >= 15 is 0 Å². The van der Waals surface area contributed by atoms with Gasteiger partial charge in [-0.2, -0.15) is 13.2 Å². The van der Waals surface area contributed by atoms with Crippen LogP contribution >= 0.6 is 0 Å². The van der Waals surface area contributed by atoms with Gasteiger partial charge in [-0.25, -0.2) is 23.7 Å². The van der Waals surface area contributed by atoms with E-state index in [-0.39, 0.29) is 23.2 Å².